The van der Waals surface area contributed by atoms with Crippen molar-refractivity contribution >= 4 is 21.7 Å². The Kier molecular flexibility index (Phi) is 6.37. The fourth-order valence-electron chi connectivity index (χ4n) is 3.96. The highest BCUT2D eigenvalue weighted by atomic mass is 32.2. The Morgan fingerprint density at radius 1 is 1.06 bits per heavy atom. The molecule has 1 aromatic carbocycles. The number of sulfonamides is 1. The maximum atomic E-state index is 13.0. The predicted octanol–water partition coefficient (Wildman–Crippen LogP) is 2.04. The first-order valence-electron chi connectivity index (χ1n) is 10.7. The van der Waals surface area contributed by atoms with Gasteiger partial charge < -0.3 is 9.84 Å². The van der Waals surface area contributed by atoms with Gasteiger partial charge in [0.05, 0.1) is 17.9 Å². The summed E-state index contributed by atoms with van der Waals surface area (Å²) in [4.78, 5) is 14.8. The van der Waals surface area contributed by atoms with Crippen molar-refractivity contribution in [3.8, 4) is 5.69 Å². The monoisotopic (exact) mass is 472 g/mol. The quantitative estimate of drug-likeness (QED) is 0.584. The fraction of sp³-hybridized carbons (Fsp3) is 0.409. The van der Waals surface area contributed by atoms with E-state index in [1.807, 2.05) is 49.1 Å². The lowest BCUT2D eigenvalue weighted by Crippen LogP contribution is -2.50. The number of aryl methyl sites for hydroxylation is 4. The summed E-state index contributed by atoms with van der Waals surface area (Å²) in [5.41, 5.74) is 3.16. The van der Waals surface area contributed by atoms with E-state index in [0.717, 1.165) is 16.9 Å². The molecule has 1 N–H and O–H groups in total. The molecule has 10 nitrogen and oxygen atoms in total. The third-order valence-electron chi connectivity index (χ3n) is 5.64. The number of nitrogens with zero attached hydrogens (tertiary/aromatic N) is 5. The van der Waals surface area contributed by atoms with Gasteiger partial charge in [-0.25, -0.2) is 13.1 Å². The van der Waals surface area contributed by atoms with Gasteiger partial charge in [-0.05, 0) is 39.8 Å². The molecule has 1 fully saturated rings. The summed E-state index contributed by atoms with van der Waals surface area (Å²) in [7, 11) is -3.68. The molecule has 1 amide bonds. The molecule has 1 saturated heterocycles. The highest BCUT2D eigenvalue weighted by Crippen LogP contribution is 2.24. The van der Waals surface area contributed by atoms with Crippen molar-refractivity contribution in [3.05, 3.63) is 53.0 Å². The van der Waals surface area contributed by atoms with E-state index in [1.165, 1.54) is 4.31 Å². The van der Waals surface area contributed by atoms with Crippen LogP contribution in [0.1, 0.15) is 22.7 Å². The summed E-state index contributed by atoms with van der Waals surface area (Å²) < 4.78 is 34.1. The molecule has 11 heteroatoms. The van der Waals surface area contributed by atoms with Gasteiger partial charge in [0.15, 0.2) is 5.76 Å². The Morgan fingerprint density at radius 2 is 1.73 bits per heavy atom. The number of benzene rings is 1. The van der Waals surface area contributed by atoms with Gasteiger partial charge in [0.1, 0.15) is 16.4 Å². The van der Waals surface area contributed by atoms with Crippen LogP contribution in [0.5, 0.6) is 0 Å². The molecular weight excluding hydrogens is 444 g/mol. The van der Waals surface area contributed by atoms with E-state index in [2.05, 4.69) is 15.6 Å². The summed E-state index contributed by atoms with van der Waals surface area (Å²) in [5, 5.41) is 11.2. The first-order valence-corrected chi connectivity index (χ1v) is 12.2. The van der Waals surface area contributed by atoms with Crippen LogP contribution in [0.25, 0.3) is 5.69 Å². The van der Waals surface area contributed by atoms with E-state index in [0.29, 0.717) is 37.7 Å². The van der Waals surface area contributed by atoms with Gasteiger partial charge in [0.2, 0.25) is 15.9 Å². The number of anilines is 1. The van der Waals surface area contributed by atoms with E-state index in [4.69, 9.17) is 4.52 Å². The number of aromatic nitrogens is 3. The number of rotatable bonds is 6. The van der Waals surface area contributed by atoms with Crippen LogP contribution in [-0.4, -0.2) is 71.2 Å². The van der Waals surface area contributed by atoms with Crippen molar-refractivity contribution in [1.29, 1.82) is 0 Å². The van der Waals surface area contributed by atoms with E-state index >= 15 is 0 Å². The van der Waals surface area contributed by atoms with Gasteiger partial charge in [0, 0.05) is 32.2 Å². The second-order valence-corrected chi connectivity index (χ2v) is 10.2. The van der Waals surface area contributed by atoms with Gasteiger partial charge in [-0.15, -0.1) is 0 Å². The molecule has 3 aromatic rings. The number of carbonyl (C=O) groups is 1. The zero-order valence-electron chi connectivity index (χ0n) is 19.2. The van der Waals surface area contributed by atoms with Gasteiger partial charge in [-0.2, -0.15) is 9.40 Å². The molecule has 0 unspecified atom stereocenters. The lowest BCUT2D eigenvalue weighted by molar-refractivity contribution is -0.117. The molecule has 0 spiro atoms. The van der Waals surface area contributed by atoms with Crippen molar-refractivity contribution < 1.29 is 17.7 Å². The Labute approximate surface area is 193 Å². The average Bonchev–Trinajstić information content (AvgIpc) is 3.30. The maximum Gasteiger partial charge on any atom is 0.248 e. The summed E-state index contributed by atoms with van der Waals surface area (Å²) in [6, 6.07) is 9.72. The first-order chi connectivity index (χ1) is 15.6. The molecule has 1 aliphatic rings. The standard InChI is InChI=1S/C22H28N6O4S/c1-15-5-7-19(8-6-15)28-20(13-16(2)24-28)23-21(29)14-26-9-11-27(12-10-26)33(30,31)22-17(3)25-32-18(22)4/h5-8,13H,9-12,14H2,1-4H3,(H,23,29). The third kappa shape index (κ3) is 4.85. The number of hydrogen-bond acceptors (Lipinski definition) is 7. The molecule has 176 valence electrons. The molecule has 0 radical (unpaired) electrons. The summed E-state index contributed by atoms with van der Waals surface area (Å²) in [6.07, 6.45) is 0. The van der Waals surface area contributed by atoms with Gasteiger partial charge in [-0.3, -0.25) is 9.69 Å². The van der Waals surface area contributed by atoms with Crippen LogP contribution >= 0.6 is 0 Å². The van der Waals surface area contributed by atoms with E-state index < -0.39 is 10.0 Å². The molecule has 3 heterocycles. The van der Waals surface area contributed by atoms with Gasteiger partial charge in [-0.1, -0.05) is 22.9 Å². The summed E-state index contributed by atoms with van der Waals surface area (Å²) in [6.45, 7) is 8.75. The van der Waals surface area contributed by atoms with E-state index in [9.17, 15) is 13.2 Å². The Morgan fingerprint density at radius 3 is 2.33 bits per heavy atom. The minimum absolute atomic E-state index is 0.133. The lowest BCUT2D eigenvalue weighted by atomic mass is 10.2. The number of carbonyl (C=O) groups excluding carboxylic acids is 1. The van der Waals surface area contributed by atoms with Crippen LogP contribution < -0.4 is 5.32 Å². The van der Waals surface area contributed by atoms with Crippen molar-refractivity contribution in [2.75, 3.05) is 38.0 Å². The Balaban J connectivity index is 1.37. The van der Waals surface area contributed by atoms with Crippen LogP contribution in [0.15, 0.2) is 39.8 Å². The second kappa shape index (κ2) is 9.08. The summed E-state index contributed by atoms with van der Waals surface area (Å²) in [5.74, 6) is 0.709. The number of hydrogen-bond donors (Lipinski definition) is 1. The first kappa shape index (κ1) is 23.1. The highest BCUT2D eigenvalue weighted by Gasteiger charge is 2.33. The molecule has 4 rings (SSSR count). The summed E-state index contributed by atoms with van der Waals surface area (Å²) >= 11 is 0. The van der Waals surface area contributed by atoms with Crippen molar-refractivity contribution in [3.63, 3.8) is 0 Å². The van der Waals surface area contributed by atoms with Crippen LogP contribution in [0, 0.1) is 27.7 Å². The molecule has 2 aromatic heterocycles. The van der Waals surface area contributed by atoms with Crippen LogP contribution in [-0.2, 0) is 14.8 Å². The zero-order valence-corrected chi connectivity index (χ0v) is 20.0. The van der Waals surface area contributed by atoms with Crippen LogP contribution in [0.3, 0.4) is 0 Å². The lowest BCUT2D eigenvalue weighted by Gasteiger charge is -2.33. The molecule has 0 bridgehead atoms. The maximum absolute atomic E-state index is 13.0. The number of nitrogens with one attached hydrogen (secondary N) is 1. The SMILES string of the molecule is Cc1ccc(-n2nc(C)cc2NC(=O)CN2CCN(S(=O)(=O)c3c(C)noc3C)CC2)cc1. The fourth-order valence-corrected chi connectivity index (χ4v) is 5.67. The van der Waals surface area contributed by atoms with E-state index in [-0.39, 0.29) is 23.1 Å². The molecule has 0 aliphatic carbocycles. The average molecular weight is 473 g/mol. The molecule has 33 heavy (non-hydrogen) atoms. The van der Waals surface area contributed by atoms with Crippen molar-refractivity contribution in [2.24, 2.45) is 0 Å². The minimum atomic E-state index is -3.68. The molecule has 1 aliphatic heterocycles. The normalized spacial score (nSPS) is 15.6. The largest absolute Gasteiger partial charge is 0.360 e. The topological polar surface area (TPSA) is 114 Å². The van der Waals surface area contributed by atoms with Crippen molar-refractivity contribution in [2.45, 2.75) is 32.6 Å². The number of piperazine rings is 1. The van der Waals surface area contributed by atoms with Gasteiger partial charge >= 0.3 is 0 Å². The Bertz CT molecular complexity index is 1240. The van der Waals surface area contributed by atoms with Crippen LogP contribution in [0.4, 0.5) is 5.82 Å². The van der Waals surface area contributed by atoms with Crippen LogP contribution in [0.2, 0.25) is 0 Å². The molecule has 0 saturated carbocycles. The number of amides is 1. The molecule has 0 atom stereocenters. The predicted molar refractivity (Wildman–Crippen MR) is 123 cm³/mol. The minimum Gasteiger partial charge on any atom is -0.360 e. The third-order valence-corrected chi connectivity index (χ3v) is 7.79. The molecular formula is C22H28N6O4S. The zero-order chi connectivity index (χ0) is 23.8. The Hall–Kier alpha value is -3.02. The second-order valence-electron chi connectivity index (χ2n) is 8.30. The van der Waals surface area contributed by atoms with E-state index in [1.54, 1.807) is 18.5 Å². The smallest absolute Gasteiger partial charge is 0.248 e. The van der Waals surface area contributed by atoms with Gasteiger partial charge in [0.25, 0.3) is 0 Å². The van der Waals surface area contributed by atoms with Crippen molar-refractivity contribution in [1.82, 2.24) is 24.1 Å². The highest BCUT2D eigenvalue weighted by molar-refractivity contribution is 7.89.